The van der Waals surface area contributed by atoms with Crippen LogP contribution in [0.3, 0.4) is 0 Å². The molecule has 0 aliphatic carbocycles. The highest BCUT2D eigenvalue weighted by Crippen LogP contribution is 2.24. The van der Waals surface area contributed by atoms with Gasteiger partial charge in [-0.15, -0.1) is 10.2 Å². The zero-order valence-corrected chi connectivity index (χ0v) is 16.5. The van der Waals surface area contributed by atoms with Crippen molar-refractivity contribution in [2.24, 2.45) is 5.92 Å². The second-order valence-electron chi connectivity index (χ2n) is 7.01. The fourth-order valence-corrected chi connectivity index (χ4v) is 3.46. The molecular weight excluding hydrogens is 356 g/mol. The molecule has 7 nitrogen and oxygen atoms in total. The first-order chi connectivity index (χ1) is 13.7. The third kappa shape index (κ3) is 5.50. The van der Waals surface area contributed by atoms with Gasteiger partial charge >= 0.3 is 0 Å². The van der Waals surface area contributed by atoms with Crippen molar-refractivity contribution in [2.75, 3.05) is 38.8 Å². The first-order valence-electron chi connectivity index (χ1n) is 9.66. The summed E-state index contributed by atoms with van der Waals surface area (Å²) >= 11 is 0. The summed E-state index contributed by atoms with van der Waals surface area (Å²) < 4.78 is 10.1. The van der Waals surface area contributed by atoms with E-state index in [4.69, 9.17) is 9.47 Å². The average molecular weight is 384 g/mol. The van der Waals surface area contributed by atoms with Crippen molar-refractivity contribution < 1.29 is 14.3 Å². The SMILES string of the molecule is COC(CNC(=O)c1ccc(N2CCC(Cc3ccccc3)CC2)nn1)OC. The lowest BCUT2D eigenvalue weighted by Crippen LogP contribution is -2.36. The van der Waals surface area contributed by atoms with Gasteiger partial charge in [0.15, 0.2) is 17.8 Å². The molecule has 1 N–H and O–H groups in total. The summed E-state index contributed by atoms with van der Waals surface area (Å²) in [5.41, 5.74) is 1.69. The largest absolute Gasteiger partial charge is 0.355 e. The van der Waals surface area contributed by atoms with E-state index in [1.807, 2.05) is 6.07 Å². The smallest absolute Gasteiger partial charge is 0.271 e. The zero-order chi connectivity index (χ0) is 19.8. The number of anilines is 1. The van der Waals surface area contributed by atoms with E-state index in [1.165, 1.54) is 19.8 Å². The van der Waals surface area contributed by atoms with Crippen LogP contribution in [0.15, 0.2) is 42.5 Å². The summed E-state index contributed by atoms with van der Waals surface area (Å²) in [4.78, 5) is 14.4. The molecule has 0 saturated carbocycles. The molecule has 7 heteroatoms. The number of piperidine rings is 1. The maximum atomic E-state index is 12.1. The van der Waals surface area contributed by atoms with Crippen LogP contribution in [0.5, 0.6) is 0 Å². The summed E-state index contributed by atoms with van der Waals surface area (Å²) in [5, 5.41) is 11.1. The van der Waals surface area contributed by atoms with Gasteiger partial charge in [-0.25, -0.2) is 0 Å². The van der Waals surface area contributed by atoms with Crippen molar-refractivity contribution in [1.82, 2.24) is 15.5 Å². The molecule has 1 aromatic carbocycles. The fourth-order valence-electron chi connectivity index (χ4n) is 3.46. The molecule has 1 fully saturated rings. The van der Waals surface area contributed by atoms with Crippen LogP contribution in [0.25, 0.3) is 0 Å². The van der Waals surface area contributed by atoms with Crippen molar-refractivity contribution in [3.05, 3.63) is 53.7 Å². The quantitative estimate of drug-likeness (QED) is 0.704. The van der Waals surface area contributed by atoms with Crippen LogP contribution in [0, 0.1) is 5.92 Å². The summed E-state index contributed by atoms with van der Waals surface area (Å²) in [5.74, 6) is 1.23. The Balaban J connectivity index is 1.48. The number of hydrogen-bond acceptors (Lipinski definition) is 6. The number of benzene rings is 1. The van der Waals surface area contributed by atoms with E-state index >= 15 is 0 Å². The molecule has 0 atom stereocenters. The molecule has 1 aliphatic heterocycles. The van der Waals surface area contributed by atoms with Crippen LogP contribution in [0.2, 0.25) is 0 Å². The number of carbonyl (C=O) groups is 1. The maximum Gasteiger partial charge on any atom is 0.271 e. The van der Waals surface area contributed by atoms with Gasteiger partial charge in [-0.1, -0.05) is 30.3 Å². The van der Waals surface area contributed by atoms with Crippen molar-refractivity contribution in [1.29, 1.82) is 0 Å². The minimum Gasteiger partial charge on any atom is -0.355 e. The monoisotopic (exact) mass is 384 g/mol. The Hall–Kier alpha value is -2.51. The van der Waals surface area contributed by atoms with Crippen LogP contribution in [0.4, 0.5) is 5.82 Å². The molecule has 2 aromatic rings. The van der Waals surface area contributed by atoms with Gasteiger partial charge in [-0.05, 0) is 42.9 Å². The lowest BCUT2D eigenvalue weighted by molar-refractivity contribution is -0.0974. The molecular formula is C21H28N4O3. The molecule has 3 rings (SSSR count). The van der Waals surface area contributed by atoms with Crippen molar-refractivity contribution >= 4 is 11.7 Å². The van der Waals surface area contributed by atoms with Crippen LogP contribution >= 0.6 is 0 Å². The molecule has 1 aliphatic rings. The minimum absolute atomic E-state index is 0.254. The van der Waals surface area contributed by atoms with E-state index in [0.29, 0.717) is 5.92 Å². The lowest BCUT2D eigenvalue weighted by Gasteiger charge is -2.32. The van der Waals surface area contributed by atoms with Crippen LogP contribution in [0.1, 0.15) is 28.9 Å². The van der Waals surface area contributed by atoms with E-state index in [-0.39, 0.29) is 18.1 Å². The summed E-state index contributed by atoms with van der Waals surface area (Å²) in [6.07, 6.45) is 2.92. The van der Waals surface area contributed by atoms with Gasteiger partial charge in [-0.3, -0.25) is 4.79 Å². The van der Waals surface area contributed by atoms with E-state index < -0.39 is 6.29 Å². The average Bonchev–Trinajstić information content (AvgIpc) is 2.76. The van der Waals surface area contributed by atoms with Gasteiger partial charge in [0, 0.05) is 27.3 Å². The number of amides is 1. The first kappa shape index (κ1) is 20.2. The Kier molecular flexibility index (Phi) is 7.33. The summed E-state index contributed by atoms with van der Waals surface area (Å²) in [6.45, 7) is 2.17. The van der Waals surface area contributed by atoms with E-state index in [0.717, 1.165) is 38.2 Å². The molecule has 0 unspecified atom stereocenters. The Morgan fingerprint density at radius 2 is 1.82 bits per heavy atom. The van der Waals surface area contributed by atoms with E-state index in [2.05, 4.69) is 50.7 Å². The van der Waals surface area contributed by atoms with Gasteiger partial charge in [0.1, 0.15) is 0 Å². The number of rotatable bonds is 8. The second-order valence-corrected chi connectivity index (χ2v) is 7.01. The highest BCUT2D eigenvalue weighted by molar-refractivity contribution is 5.92. The maximum absolute atomic E-state index is 12.1. The molecule has 0 spiro atoms. The third-order valence-electron chi connectivity index (χ3n) is 5.14. The van der Waals surface area contributed by atoms with E-state index in [9.17, 15) is 4.79 Å². The Bertz CT molecular complexity index is 727. The topological polar surface area (TPSA) is 76.6 Å². The fraction of sp³-hybridized carbons (Fsp3) is 0.476. The highest BCUT2D eigenvalue weighted by Gasteiger charge is 2.21. The van der Waals surface area contributed by atoms with Gasteiger partial charge in [-0.2, -0.15) is 0 Å². The van der Waals surface area contributed by atoms with Gasteiger partial charge < -0.3 is 19.7 Å². The molecule has 150 valence electrons. The van der Waals surface area contributed by atoms with Crippen molar-refractivity contribution in [3.63, 3.8) is 0 Å². The minimum atomic E-state index is -0.478. The van der Waals surface area contributed by atoms with Crippen LogP contribution in [-0.2, 0) is 15.9 Å². The van der Waals surface area contributed by atoms with Crippen LogP contribution in [-0.4, -0.2) is 56.2 Å². The summed E-state index contributed by atoms with van der Waals surface area (Å²) in [7, 11) is 3.05. The Morgan fingerprint density at radius 1 is 1.11 bits per heavy atom. The van der Waals surface area contributed by atoms with Crippen molar-refractivity contribution in [3.8, 4) is 0 Å². The second kappa shape index (κ2) is 10.1. The van der Waals surface area contributed by atoms with Crippen molar-refractivity contribution in [2.45, 2.75) is 25.6 Å². The normalized spacial score (nSPS) is 15.0. The molecule has 1 amide bonds. The van der Waals surface area contributed by atoms with Gasteiger partial charge in [0.05, 0.1) is 6.54 Å². The summed E-state index contributed by atoms with van der Waals surface area (Å²) in [6, 6.07) is 14.2. The van der Waals surface area contributed by atoms with Gasteiger partial charge in [0.25, 0.3) is 5.91 Å². The first-order valence-corrected chi connectivity index (χ1v) is 9.66. The highest BCUT2D eigenvalue weighted by atomic mass is 16.7. The molecule has 2 heterocycles. The molecule has 0 radical (unpaired) electrons. The molecule has 1 aromatic heterocycles. The number of ether oxygens (including phenoxy) is 2. The molecule has 28 heavy (non-hydrogen) atoms. The number of aromatic nitrogens is 2. The predicted molar refractivity (Wildman–Crippen MR) is 107 cm³/mol. The lowest BCUT2D eigenvalue weighted by atomic mass is 9.90. The Labute approximate surface area is 166 Å². The van der Waals surface area contributed by atoms with E-state index in [1.54, 1.807) is 6.07 Å². The number of nitrogens with one attached hydrogen (secondary N) is 1. The number of carbonyl (C=O) groups excluding carboxylic acids is 1. The number of methoxy groups -OCH3 is 2. The predicted octanol–water partition coefficient (Wildman–Crippen LogP) is 2.28. The zero-order valence-electron chi connectivity index (χ0n) is 16.5. The molecule has 1 saturated heterocycles. The number of hydrogen-bond donors (Lipinski definition) is 1. The molecule has 0 bridgehead atoms. The standard InChI is InChI=1S/C21H28N4O3/c1-27-20(28-2)15-22-21(26)18-8-9-19(24-23-18)25-12-10-17(11-13-25)14-16-6-4-3-5-7-16/h3-9,17,20H,10-15H2,1-2H3,(H,22,26). The van der Waals surface area contributed by atoms with Crippen LogP contribution < -0.4 is 10.2 Å². The van der Waals surface area contributed by atoms with Gasteiger partial charge in [0.2, 0.25) is 0 Å². The Morgan fingerprint density at radius 3 is 2.43 bits per heavy atom. The number of nitrogens with zero attached hydrogens (tertiary/aromatic N) is 3. The third-order valence-corrected chi connectivity index (χ3v) is 5.14.